The molecule has 1 aromatic heterocycles. The third-order valence-corrected chi connectivity index (χ3v) is 3.53. The Kier molecular flexibility index (Phi) is 3.74. The molecule has 0 aliphatic carbocycles. The van der Waals surface area contributed by atoms with Crippen LogP contribution in [-0.4, -0.2) is 15.3 Å². The maximum absolute atomic E-state index is 13.3. The molecule has 3 aromatic rings. The number of hydrogen-bond acceptors (Lipinski definition) is 2. The smallest absolute Gasteiger partial charge is 0.125 e. The lowest BCUT2D eigenvalue weighted by Gasteiger charge is -2.08. The van der Waals surface area contributed by atoms with Crippen molar-refractivity contribution in [2.45, 2.75) is 13.0 Å². The maximum Gasteiger partial charge on any atom is 0.125 e. The van der Waals surface area contributed by atoms with Gasteiger partial charge < -0.3 is 4.57 Å². The summed E-state index contributed by atoms with van der Waals surface area (Å²) < 4.78 is 15.5. The van der Waals surface area contributed by atoms with Crippen LogP contribution in [0.1, 0.15) is 11.4 Å². The average Bonchev–Trinajstić information content (AvgIpc) is 2.77. The summed E-state index contributed by atoms with van der Waals surface area (Å²) in [4.78, 5) is 4.53. The first-order valence-corrected chi connectivity index (χ1v) is 7.20. The Labute approximate surface area is 122 Å². The second-order valence-corrected chi connectivity index (χ2v) is 5.15. The molecule has 0 saturated carbocycles. The molecular weight excluding hydrogens is 271 g/mol. The second-order valence-electron chi connectivity index (χ2n) is 4.71. The highest BCUT2D eigenvalue weighted by Gasteiger charge is 2.11. The highest BCUT2D eigenvalue weighted by Crippen LogP contribution is 2.20. The van der Waals surface area contributed by atoms with Gasteiger partial charge in [-0.25, -0.2) is 9.37 Å². The van der Waals surface area contributed by atoms with Crippen molar-refractivity contribution in [1.82, 2.24) is 9.55 Å². The van der Waals surface area contributed by atoms with Gasteiger partial charge in [0, 0.05) is 19.0 Å². The van der Waals surface area contributed by atoms with Crippen LogP contribution in [0.3, 0.4) is 0 Å². The lowest BCUT2D eigenvalue weighted by molar-refractivity contribution is 0.629. The van der Waals surface area contributed by atoms with E-state index in [0.29, 0.717) is 5.52 Å². The molecule has 0 atom stereocenters. The van der Waals surface area contributed by atoms with Crippen LogP contribution in [0.15, 0.2) is 48.5 Å². The molecule has 0 spiro atoms. The molecule has 102 valence electrons. The SMILES string of the molecule is Fc1ccc2c(c1)nc(CCS)n2Cc1ccccc1. The van der Waals surface area contributed by atoms with E-state index in [1.54, 1.807) is 6.07 Å². The Morgan fingerprint density at radius 3 is 2.65 bits per heavy atom. The summed E-state index contributed by atoms with van der Waals surface area (Å²) in [5.74, 6) is 1.42. The Bertz CT molecular complexity index is 722. The average molecular weight is 286 g/mol. The van der Waals surface area contributed by atoms with Gasteiger partial charge in [0.15, 0.2) is 0 Å². The van der Waals surface area contributed by atoms with E-state index in [2.05, 4.69) is 34.3 Å². The molecule has 20 heavy (non-hydrogen) atoms. The molecule has 0 aliphatic rings. The molecule has 4 heteroatoms. The van der Waals surface area contributed by atoms with Gasteiger partial charge in [-0.1, -0.05) is 30.3 Å². The first kappa shape index (κ1) is 13.2. The number of thiol groups is 1. The van der Waals surface area contributed by atoms with Crippen molar-refractivity contribution in [1.29, 1.82) is 0 Å². The molecule has 2 aromatic carbocycles. The monoisotopic (exact) mass is 286 g/mol. The molecule has 1 heterocycles. The highest BCUT2D eigenvalue weighted by molar-refractivity contribution is 7.80. The van der Waals surface area contributed by atoms with Gasteiger partial charge >= 0.3 is 0 Å². The fourth-order valence-electron chi connectivity index (χ4n) is 2.39. The number of hydrogen-bond donors (Lipinski definition) is 1. The molecule has 2 nitrogen and oxygen atoms in total. The fraction of sp³-hybridized carbons (Fsp3) is 0.188. The molecule has 0 amide bonds. The number of nitrogens with zero attached hydrogens (tertiary/aromatic N) is 2. The van der Waals surface area contributed by atoms with E-state index in [1.807, 2.05) is 18.2 Å². The molecule has 3 rings (SSSR count). The van der Waals surface area contributed by atoms with Crippen LogP contribution < -0.4 is 0 Å². The third-order valence-electron chi connectivity index (χ3n) is 3.31. The lowest BCUT2D eigenvalue weighted by atomic mass is 10.2. The second kappa shape index (κ2) is 5.67. The number of aromatic nitrogens is 2. The largest absolute Gasteiger partial charge is 0.323 e. The van der Waals surface area contributed by atoms with Crippen LogP contribution >= 0.6 is 12.6 Å². The van der Waals surface area contributed by atoms with Gasteiger partial charge in [0.25, 0.3) is 0 Å². The molecule has 0 unspecified atom stereocenters. The normalized spacial score (nSPS) is 11.1. The standard InChI is InChI=1S/C16H15FN2S/c17-13-6-7-15-14(10-13)18-16(8-9-20)19(15)11-12-4-2-1-3-5-12/h1-7,10,20H,8-9,11H2. The number of benzene rings is 2. The van der Waals surface area contributed by atoms with Gasteiger partial charge in [-0.15, -0.1) is 0 Å². The predicted octanol–water partition coefficient (Wildman–Crippen LogP) is 3.70. The van der Waals surface area contributed by atoms with E-state index >= 15 is 0 Å². The van der Waals surface area contributed by atoms with Crippen molar-refractivity contribution < 1.29 is 4.39 Å². The van der Waals surface area contributed by atoms with Gasteiger partial charge in [-0.05, 0) is 23.4 Å². The van der Waals surface area contributed by atoms with Crippen LogP contribution in [-0.2, 0) is 13.0 Å². The van der Waals surface area contributed by atoms with E-state index < -0.39 is 0 Å². The number of halogens is 1. The third kappa shape index (κ3) is 2.56. The van der Waals surface area contributed by atoms with E-state index in [0.717, 1.165) is 30.1 Å². The van der Waals surface area contributed by atoms with E-state index in [1.165, 1.54) is 17.7 Å². The molecule has 0 N–H and O–H groups in total. The Balaban J connectivity index is 2.09. The summed E-state index contributed by atoms with van der Waals surface area (Å²) in [6.07, 6.45) is 0.770. The molecule has 0 bridgehead atoms. The van der Waals surface area contributed by atoms with Crippen LogP contribution in [0.5, 0.6) is 0 Å². The zero-order chi connectivity index (χ0) is 13.9. The minimum Gasteiger partial charge on any atom is -0.323 e. The van der Waals surface area contributed by atoms with Gasteiger partial charge in [-0.2, -0.15) is 12.6 Å². The zero-order valence-electron chi connectivity index (χ0n) is 11.0. The Morgan fingerprint density at radius 1 is 1.10 bits per heavy atom. The molecule has 0 saturated heterocycles. The van der Waals surface area contributed by atoms with Gasteiger partial charge in [-0.3, -0.25) is 0 Å². The minimum atomic E-state index is -0.251. The van der Waals surface area contributed by atoms with E-state index in [-0.39, 0.29) is 5.82 Å². The van der Waals surface area contributed by atoms with Crippen molar-refractivity contribution in [3.63, 3.8) is 0 Å². The summed E-state index contributed by atoms with van der Waals surface area (Å²) in [5.41, 5.74) is 2.88. The van der Waals surface area contributed by atoms with E-state index in [9.17, 15) is 4.39 Å². The molecule has 0 fully saturated rings. The minimum absolute atomic E-state index is 0.251. The first-order chi connectivity index (χ1) is 9.78. The predicted molar refractivity (Wildman–Crippen MR) is 82.8 cm³/mol. The van der Waals surface area contributed by atoms with Crippen molar-refractivity contribution in [3.05, 3.63) is 65.7 Å². The number of imidazole rings is 1. The first-order valence-electron chi connectivity index (χ1n) is 6.57. The van der Waals surface area contributed by atoms with Crippen LogP contribution in [0.2, 0.25) is 0 Å². The Morgan fingerprint density at radius 2 is 1.90 bits per heavy atom. The van der Waals surface area contributed by atoms with Crippen LogP contribution in [0, 0.1) is 5.82 Å². The molecular formula is C16H15FN2S. The maximum atomic E-state index is 13.3. The number of rotatable bonds is 4. The fourth-order valence-corrected chi connectivity index (χ4v) is 2.59. The van der Waals surface area contributed by atoms with Gasteiger partial charge in [0.05, 0.1) is 11.0 Å². The van der Waals surface area contributed by atoms with Gasteiger partial charge in [0.1, 0.15) is 11.6 Å². The Hall–Kier alpha value is -1.81. The topological polar surface area (TPSA) is 17.8 Å². The number of fused-ring (bicyclic) bond motifs is 1. The lowest BCUT2D eigenvalue weighted by Crippen LogP contribution is -2.05. The van der Waals surface area contributed by atoms with Crippen molar-refractivity contribution in [3.8, 4) is 0 Å². The summed E-state index contributed by atoms with van der Waals surface area (Å²) >= 11 is 4.28. The van der Waals surface area contributed by atoms with Crippen molar-refractivity contribution >= 4 is 23.7 Å². The summed E-state index contributed by atoms with van der Waals surface area (Å²) in [6.45, 7) is 0.742. The van der Waals surface area contributed by atoms with E-state index in [4.69, 9.17) is 0 Å². The van der Waals surface area contributed by atoms with Crippen molar-refractivity contribution in [2.24, 2.45) is 0 Å². The molecule has 0 aliphatic heterocycles. The quantitative estimate of drug-likeness (QED) is 0.724. The van der Waals surface area contributed by atoms with Crippen molar-refractivity contribution in [2.75, 3.05) is 5.75 Å². The highest BCUT2D eigenvalue weighted by atomic mass is 32.1. The summed E-state index contributed by atoms with van der Waals surface area (Å²) in [5, 5.41) is 0. The number of aryl methyl sites for hydroxylation is 1. The van der Waals surface area contributed by atoms with Crippen LogP contribution in [0.25, 0.3) is 11.0 Å². The molecule has 0 radical (unpaired) electrons. The van der Waals surface area contributed by atoms with Gasteiger partial charge in [0.2, 0.25) is 0 Å². The summed E-state index contributed by atoms with van der Waals surface area (Å²) in [7, 11) is 0. The van der Waals surface area contributed by atoms with Crippen LogP contribution in [0.4, 0.5) is 4.39 Å². The summed E-state index contributed by atoms with van der Waals surface area (Å²) in [6, 6.07) is 15.0. The zero-order valence-corrected chi connectivity index (χ0v) is 11.9.